The number of nitrogens with zero attached hydrogens (tertiary/aromatic N) is 1. The Hall–Kier alpha value is -1.26. The van der Waals surface area contributed by atoms with Crippen molar-refractivity contribution in [3.63, 3.8) is 0 Å². The highest BCUT2D eigenvalue weighted by Crippen LogP contribution is 2.37. The summed E-state index contributed by atoms with van der Waals surface area (Å²) in [6.45, 7) is 10.8. The monoisotopic (exact) mass is 339 g/mol. The lowest BCUT2D eigenvalue weighted by Gasteiger charge is -2.32. The Bertz CT molecular complexity index is 755. The van der Waals surface area contributed by atoms with Gasteiger partial charge in [-0.25, -0.2) is 0 Å². The van der Waals surface area contributed by atoms with E-state index in [9.17, 15) is 0 Å². The van der Waals surface area contributed by atoms with Crippen LogP contribution in [-0.2, 0) is 9.31 Å². The van der Waals surface area contributed by atoms with Crippen molar-refractivity contribution in [3.8, 4) is 0 Å². The summed E-state index contributed by atoms with van der Waals surface area (Å²) in [7, 11) is -0.284. The number of fused-ring (bicyclic) bond motifs is 1. The predicted octanol–water partition coefficient (Wildman–Crippen LogP) is 4.69. The van der Waals surface area contributed by atoms with Gasteiger partial charge in [0.1, 0.15) is 0 Å². The molecule has 25 heavy (non-hydrogen) atoms. The molecule has 4 rings (SSSR count). The molecule has 1 aromatic carbocycles. The van der Waals surface area contributed by atoms with Gasteiger partial charge in [-0.2, -0.15) is 0 Å². The summed E-state index contributed by atoms with van der Waals surface area (Å²) in [6, 6.07) is 9.54. The molecule has 0 radical (unpaired) electrons. The highest BCUT2D eigenvalue weighted by Gasteiger charge is 2.51. The summed E-state index contributed by atoms with van der Waals surface area (Å²) in [5, 5.41) is 1.28. The highest BCUT2D eigenvalue weighted by molar-refractivity contribution is 6.62. The molecule has 3 nitrogen and oxygen atoms in total. The third-order valence-corrected chi connectivity index (χ3v) is 6.65. The Labute approximate surface area is 151 Å². The fraction of sp³-hybridized carbons (Fsp3) is 0.619. The second-order valence-corrected chi connectivity index (χ2v) is 9.04. The molecule has 2 aromatic rings. The fourth-order valence-corrected chi connectivity index (χ4v) is 4.15. The van der Waals surface area contributed by atoms with Crippen molar-refractivity contribution in [1.82, 2.24) is 4.57 Å². The first-order valence-corrected chi connectivity index (χ1v) is 9.73. The summed E-state index contributed by atoms with van der Waals surface area (Å²) < 4.78 is 14.9. The van der Waals surface area contributed by atoms with E-state index in [2.05, 4.69) is 69.6 Å². The van der Waals surface area contributed by atoms with E-state index < -0.39 is 0 Å². The van der Waals surface area contributed by atoms with Gasteiger partial charge in [0.2, 0.25) is 0 Å². The molecule has 2 heterocycles. The van der Waals surface area contributed by atoms with E-state index in [0.717, 1.165) is 11.4 Å². The fourth-order valence-electron chi connectivity index (χ4n) is 4.15. The number of hydrogen-bond donors (Lipinski definition) is 0. The van der Waals surface area contributed by atoms with Gasteiger partial charge in [0.25, 0.3) is 0 Å². The maximum atomic E-state index is 6.20. The zero-order valence-corrected chi connectivity index (χ0v) is 16.2. The first kappa shape index (κ1) is 17.2. The standard InChI is InChI=1S/C21H30BNO2/c1-15-6-9-18(10-7-15)23-13-12-16-14-17(8-11-19(16)23)22-24-20(2,3)21(4,5)25-22/h8,11-15,18H,6-7,9-10H2,1-5H3. The molecule has 4 heteroatoms. The molecule has 1 saturated heterocycles. The van der Waals surface area contributed by atoms with Gasteiger partial charge >= 0.3 is 7.12 Å². The van der Waals surface area contributed by atoms with Crippen molar-refractivity contribution in [2.75, 3.05) is 0 Å². The molecule has 2 fully saturated rings. The van der Waals surface area contributed by atoms with Crippen molar-refractivity contribution in [2.24, 2.45) is 5.92 Å². The van der Waals surface area contributed by atoms with Gasteiger partial charge < -0.3 is 13.9 Å². The second kappa shape index (κ2) is 5.89. The topological polar surface area (TPSA) is 23.4 Å². The zero-order valence-electron chi connectivity index (χ0n) is 16.2. The quantitative estimate of drug-likeness (QED) is 0.741. The normalized spacial score (nSPS) is 28.6. The van der Waals surface area contributed by atoms with Crippen LogP contribution in [0.5, 0.6) is 0 Å². The van der Waals surface area contributed by atoms with E-state index in [0.29, 0.717) is 6.04 Å². The molecular formula is C21H30BNO2. The maximum Gasteiger partial charge on any atom is 0.494 e. The van der Waals surface area contributed by atoms with Crippen molar-refractivity contribution in [2.45, 2.75) is 77.5 Å². The molecule has 0 atom stereocenters. The van der Waals surface area contributed by atoms with Gasteiger partial charge in [-0.05, 0) is 82.3 Å². The summed E-state index contributed by atoms with van der Waals surface area (Å²) in [5.74, 6) is 0.882. The molecule has 1 saturated carbocycles. The number of rotatable bonds is 2. The van der Waals surface area contributed by atoms with Gasteiger partial charge in [0.05, 0.1) is 11.2 Å². The van der Waals surface area contributed by atoms with Crippen LogP contribution in [0, 0.1) is 5.92 Å². The number of aromatic nitrogens is 1. The van der Waals surface area contributed by atoms with E-state index in [1.54, 1.807) is 0 Å². The van der Waals surface area contributed by atoms with Crippen LogP contribution in [-0.4, -0.2) is 22.9 Å². The van der Waals surface area contributed by atoms with Gasteiger partial charge in [0, 0.05) is 17.8 Å². The van der Waals surface area contributed by atoms with Crippen LogP contribution in [0.3, 0.4) is 0 Å². The molecule has 0 bridgehead atoms. The molecule has 1 aliphatic carbocycles. The lowest BCUT2D eigenvalue weighted by molar-refractivity contribution is 0.00578. The van der Waals surface area contributed by atoms with Crippen LogP contribution in [0.15, 0.2) is 30.5 Å². The Kier molecular flexibility index (Phi) is 4.04. The number of benzene rings is 1. The minimum Gasteiger partial charge on any atom is -0.399 e. The molecule has 0 N–H and O–H groups in total. The maximum absolute atomic E-state index is 6.20. The lowest BCUT2D eigenvalue weighted by atomic mass is 9.78. The minimum atomic E-state index is -0.294. The first-order valence-electron chi connectivity index (χ1n) is 9.73. The molecule has 2 aliphatic rings. The van der Waals surface area contributed by atoms with E-state index in [4.69, 9.17) is 9.31 Å². The van der Waals surface area contributed by atoms with Gasteiger partial charge in [0.15, 0.2) is 0 Å². The average molecular weight is 339 g/mol. The van der Waals surface area contributed by atoms with E-state index in [1.807, 2.05) is 0 Å². The lowest BCUT2D eigenvalue weighted by Crippen LogP contribution is -2.41. The average Bonchev–Trinajstić information content (AvgIpc) is 3.06. The van der Waals surface area contributed by atoms with E-state index in [-0.39, 0.29) is 18.3 Å². The third-order valence-electron chi connectivity index (χ3n) is 6.65. The summed E-state index contributed by atoms with van der Waals surface area (Å²) in [4.78, 5) is 0. The van der Waals surface area contributed by atoms with E-state index >= 15 is 0 Å². The molecular weight excluding hydrogens is 309 g/mol. The van der Waals surface area contributed by atoms with Crippen LogP contribution in [0.2, 0.25) is 0 Å². The highest BCUT2D eigenvalue weighted by atomic mass is 16.7. The van der Waals surface area contributed by atoms with Crippen molar-refractivity contribution < 1.29 is 9.31 Å². The van der Waals surface area contributed by atoms with Crippen LogP contribution >= 0.6 is 0 Å². The van der Waals surface area contributed by atoms with E-state index in [1.165, 1.54) is 36.6 Å². The Morgan fingerprint density at radius 2 is 1.60 bits per heavy atom. The molecule has 0 amide bonds. The summed E-state index contributed by atoms with van der Waals surface area (Å²) >= 11 is 0. The Balaban J connectivity index is 1.60. The largest absolute Gasteiger partial charge is 0.494 e. The Morgan fingerprint density at radius 3 is 2.24 bits per heavy atom. The van der Waals surface area contributed by atoms with Crippen LogP contribution in [0.1, 0.15) is 66.3 Å². The SMILES string of the molecule is CC1CCC(n2ccc3cc(B4OC(C)(C)C(C)(C)O4)ccc32)CC1. The van der Waals surface area contributed by atoms with Gasteiger partial charge in [-0.1, -0.05) is 19.1 Å². The van der Waals surface area contributed by atoms with Crippen LogP contribution < -0.4 is 5.46 Å². The van der Waals surface area contributed by atoms with Crippen LogP contribution in [0.4, 0.5) is 0 Å². The zero-order chi connectivity index (χ0) is 17.8. The first-order chi connectivity index (χ1) is 11.8. The van der Waals surface area contributed by atoms with Gasteiger partial charge in [-0.15, -0.1) is 0 Å². The molecule has 0 unspecified atom stereocenters. The Morgan fingerprint density at radius 1 is 0.960 bits per heavy atom. The molecule has 1 aliphatic heterocycles. The second-order valence-electron chi connectivity index (χ2n) is 9.04. The van der Waals surface area contributed by atoms with Crippen molar-refractivity contribution >= 4 is 23.5 Å². The van der Waals surface area contributed by atoms with Crippen molar-refractivity contribution in [1.29, 1.82) is 0 Å². The number of hydrogen-bond acceptors (Lipinski definition) is 2. The molecule has 134 valence electrons. The smallest absolute Gasteiger partial charge is 0.399 e. The predicted molar refractivity (Wildman–Crippen MR) is 104 cm³/mol. The third kappa shape index (κ3) is 2.94. The van der Waals surface area contributed by atoms with Crippen molar-refractivity contribution in [3.05, 3.63) is 30.5 Å². The van der Waals surface area contributed by atoms with Crippen LogP contribution in [0.25, 0.3) is 10.9 Å². The van der Waals surface area contributed by atoms with Gasteiger partial charge in [-0.3, -0.25) is 0 Å². The summed E-state index contributed by atoms with van der Waals surface area (Å²) in [6.07, 6.45) is 7.54. The minimum absolute atomic E-state index is 0.284. The summed E-state index contributed by atoms with van der Waals surface area (Å²) in [5.41, 5.74) is 1.86. The molecule has 0 spiro atoms. The molecule has 1 aromatic heterocycles.